The molecule has 2 aromatic rings. The Morgan fingerprint density at radius 3 is 2.56 bits per heavy atom. The van der Waals surface area contributed by atoms with E-state index in [9.17, 15) is 0 Å². The van der Waals surface area contributed by atoms with Crippen LogP contribution in [0, 0.1) is 0 Å². The van der Waals surface area contributed by atoms with Crippen molar-refractivity contribution in [3.05, 3.63) is 46.0 Å². The summed E-state index contributed by atoms with van der Waals surface area (Å²) in [4.78, 5) is 4.12. The van der Waals surface area contributed by atoms with Gasteiger partial charge in [0.2, 0.25) is 0 Å². The molecular weight excluding hydrogens is 271 g/mol. The van der Waals surface area contributed by atoms with Crippen LogP contribution in [0.3, 0.4) is 0 Å². The molecule has 0 fully saturated rings. The second kappa shape index (κ2) is 5.69. The first-order valence-electron chi connectivity index (χ1n) is 5.64. The summed E-state index contributed by atoms with van der Waals surface area (Å²) in [6.07, 6.45) is 1.50. The van der Waals surface area contributed by atoms with E-state index in [-0.39, 0.29) is 12.1 Å². The molecule has 0 radical (unpaired) electrons. The number of hydrogen-bond donors (Lipinski definition) is 2. The zero-order chi connectivity index (χ0) is 13.1. The SMILES string of the molecule is CC(NC(C)c1ncn[nH]1)c1ccc(Cl)c(Cl)c1. The van der Waals surface area contributed by atoms with Crippen molar-refractivity contribution in [2.45, 2.75) is 25.9 Å². The maximum absolute atomic E-state index is 6.01. The molecule has 0 amide bonds. The Kier molecular flexibility index (Phi) is 4.22. The van der Waals surface area contributed by atoms with Crippen molar-refractivity contribution in [3.8, 4) is 0 Å². The summed E-state index contributed by atoms with van der Waals surface area (Å²) in [6, 6.07) is 5.85. The van der Waals surface area contributed by atoms with Crippen molar-refractivity contribution < 1.29 is 0 Å². The Morgan fingerprint density at radius 2 is 1.94 bits per heavy atom. The van der Waals surface area contributed by atoms with Crippen LogP contribution in [0.15, 0.2) is 24.5 Å². The van der Waals surface area contributed by atoms with E-state index in [1.165, 1.54) is 6.33 Å². The lowest BCUT2D eigenvalue weighted by molar-refractivity contribution is 0.477. The van der Waals surface area contributed by atoms with Crippen LogP contribution in [0.4, 0.5) is 0 Å². The number of benzene rings is 1. The first-order valence-corrected chi connectivity index (χ1v) is 6.39. The molecule has 6 heteroatoms. The van der Waals surface area contributed by atoms with Gasteiger partial charge >= 0.3 is 0 Å². The minimum absolute atomic E-state index is 0.0805. The lowest BCUT2D eigenvalue weighted by Gasteiger charge is -2.19. The fourth-order valence-electron chi connectivity index (χ4n) is 1.76. The van der Waals surface area contributed by atoms with Gasteiger partial charge in [-0.15, -0.1) is 0 Å². The second-order valence-corrected chi connectivity index (χ2v) is 4.97. The molecule has 18 heavy (non-hydrogen) atoms. The molecule has 2 rings (SSSR count). The van der Waals surface area contributed by atoms with Gasteiger partial charge in [-0.3, -0.25) is 5.10 Å². The third-order valence-electron chi connectivity index (χ3n) is 2.79. The maximum atomic E-state index is 6.01. The van der Waals surface area contributed by atoms with Crippen LogP contribution in [-0.2, 0) is 0 Å². The molecule has 0 aliphatic carbocycles. The number of nitrogens with zero attached hydrogens (tertiary/aromatic N) is 2. The normalized spacial score (nSPS) is 14.4. The van der Waals surface area contributed by atoms with Gasteiger partial charge in [0, 0.05) is 6.04 Å². The summed E-state index contributed by atoms with van der Waals surface area (Å²) in [7, 11) is 0. The van der Waals surface area contributed by atoms with Gasteiger partial charge in [0.05, 0.1) is 16.1 Å². The van der Waals surface area contributed by atoms with E-state index in [0.717, 1.165) is 11.4 Å². The smallest absolute Gasteiger partial charge is 0.141 e. The van der Waals surface area contributed by atoms with Crippen molar-refractivity contribution in [1.82, 2.24) is 20.5 Å². The fourth-order valence-corrected chi connectivity index (χ4v) is 2.06. The molecule has 0 aliphatic rings. The van der Waals surface area contributed by atoms with Gasteiger partial charge in [-0.05, 0) is 31.5 Å². The molecule has 0 saturated carbocycles. The Bertz CT molecular complexity index is 513. The van der Waals surface area contributed by atoms with Crippen molar-refractivity contribution >= 4 is 23.2 Å². The van der Waals surface area contributed by atoms with Gasteiger partial charge in [-0.1, -0.05) is 29.3 Å². The topological polar surface area (TPSA) is 53.6 Å². The van der Waals surface area contributed by atoms with E-state index in [4.69, 9.17) is 23.2 Å². The standard InChI is InChI=1S/C12H14Cl2N4/c1-7(9-3-4-10(13)11(14)5-9)17-8(2)12-15-6-16-18-12/h3-8,17H,1-2H3,(H,15,16,18). The lowest BCUT2D eigenvalue weighted by Crippen LogP contribution is -2.23. The van der Waals surface area contributed by atoms with E-state index < -0.39 is 0 Å². The Balaban J connectivity index is 2.07. The zero-order valence-corrected chi connectivity index (χ0v) is 11.6. The third-order valence-corrected chi connectivity index (χ3v) is 3.53. The van der Waals surface area contributed by atoms with Crippen molar-refractivity contribution in [3.63, 3.8) is 0 Å². The van der Waals surface area contributed by atoms with Gasteiger partial charge in [0.15, 0.2) is 0 Å². The summed E-state index contributed by atoms with van der Waals surface area (Å²) in [5.74, 6) is 0.807. The van der Waals surface area contributed by atoms with Crippen LogP contribution in [0.2, 0.25) is 10.0 Å². The fraction of sp³-hybridized carbons (Fsp3) is 0.333. The maximum Gasteiger partial charge on any atom is 0.141 e. The summed E-state index contributed by atoms with van der Waals surface area (Å²) < 4.78 is 0. The third kappa shape index (κ3) is 3.02. The minimum atomic E-state index is 0.0805. The summed E-state index contributed by atoms with van der Waals surface area (Å²) >= 11 is 11.9. The largest absolute Gasteiger partial charge is 0.301 e. The number of hydrogen-bond acceptors (Lipinski definition) is 3. The highest BCUT2D eigenvalue weighted by Gasteiger charge is 2.13. The number of H-pyrrole nitrogens is 1. The van der Waals surface area contributed by atoms with Gasteiger partial charge in [0.1, 0.15) is 12.2 Å². The molecule has 2 N–H and O–H groups in total. The molecule has 0 spiro atoms. The van der Waals surface area contributed by atoms with E-state index in [2.05, 4.69) is 27.4 Å². The lowest BCUT2D eigenvalue weighted by atomic mass is 10.1. The predicted molar refractivity (Wildman–Crippen MR) is 72.8 cm³/mol. The molecule has 96 valence electrons. The van der Waals surface area contributed by atoms with Crippen molar-refractivity contribution in [2.75, 3.05) is 0 Å². The van der Waals surface area contributed by atoms with Gasteiger partial charge in [-0.25, -0.2) is 4.98 Å². The number of aromatic amines is 1. The number of halogens is 2. The molecule has 1 aromatic heterocycles. The number of rotatable bonds is 4. The highest BCUT2D eigenvalue weighted by molar-refractivity contribution is 6.42. The first kappa shape index (κ1) is 13.3. The van der Waals surface area contributed by atoms with Crippen molar-refractivity contribution in [1.29, 1.82) is 0 Å². The summed E-state index contributed by atoms with van der Waals surface area (Å²) in [5.41, 5.74) is 1.08. The van der Waals surface area contributed by atoms with E-state index in [0.29, 0.717) is 10.0 Å². The minimum Gasteiger partial charge on any atom is -0.301 e. The van der Waals surface area contributed by atoms with Crippen molar-refractivity contribution in [2.24, 2.45) is 0 Å². The molecular formula is C12H14Cl2N4. The molecule has 0 aliphatic heterocycles. The van der Waals surface area contributed by atoms with Crippen LogP contribution in [0.1, 0.15) is 37.3 Å². The quantitative estimate of drug-likeness (QED) is 0.903. The molecule has 1 aromatic carbocycles. The van der Waals surface area contributed by atoms with E-state index in [1.54, 1.807) is 6.07 Å². The highest BCUT2D eigenvalue weighted by Crippen LogP contribution is 2.26. The number of aromatic nitrogens is 3. The molecule has 1 heterocycles. The Labute approximate surface area is 116 Å². The Morgan fingerprint density at radius 1 is 1.17 bits per heavy atom. The molecule has 0 saturated heterocycles. The van der Waals surface area contributed by atoms with Crippen LogP contribution in [0.5, 0.6) is 0 Å². The molecule has 4 nitrogen and oxygen atoms in total. The molecule has 2 unspecified atom stereocenters. The van der Waals surface area contributed by atoms with Gasteiger partial charge in [-0.2, -0.15) is 5.10 Å². The molecule has 0 bridgehead atoms. The van der Waals surface area contributed by atoms with Crippen LogP contribution in [-0.4, -0.2) is 15.2 Å². The highest BCUT2D eigenvalue weighted by atomic mass is 35.5. The first-order chi connectivity index (χ1) is 8.58. The monoisotopic (exact) mass is 284 g/mol. The average molecular weight is 285 g/mol. The van der Waals surface area contributed by atoms with Gasteiger partial charge in [0.25, 0.3) is 0 Å². The van der Waals surface area contributed by atoms with E-state index >= 15 is 0 Å². The van der Waals surface area contributed by atoms with Gasteiger partial charge < -0.3 is 5.32 Å². The molecule has 2 atom stereocenters. The van der Waals surface area contributed by atoms with Crippen LogP contribution < -0.4 is 5.32 Å². The van der Waals surface area contributed by atoms with E-state index in [1.807, 2.05) is 19.1 Å². The Hall–Kier alpha value is -1.10. The number of nitrogens with one attached hydrogen (secondary N) is 2. The predicted octanol–water partition coefficient (Wildman–Crippen LogP) is 3.52. The zero-order valence-electron chi connectivity index (χ0n) is 10.1. The summed E-state index contributed by atoms with van der Waals surface area (Å²) in [6.45, 7) is 4.08. The second-order valence-electron chi connectivity index (χ2n) is 4.15. The van der Waals surface area contributed by atoms with Crippen LogP contribution in [0.25, 0.3) is 0 Å². The van der Waals surface area contributed by atoms with Crippen LogP contribution >= 0.6 is 23.2 Å². The summed E-state index contributed by atoms with van der Waals surface area (Å²) in [5, 5.41) is 11.2. The average Bonchev–Trinajstić information content (AvgIpc) is 2.86.